The predicted molar refractivity (Wildman–Crippen MR) is 89.7 cm³/mol. The molecule has 9 heteroatoms. The van der Waals surface area contributed by atoms with E-state index >= 15 is 0 Å². The quantitative estimate of drug-likeness (QED) is 0.758. The Kier molecular flexibility index (Phi) is 6.16. The number of benzene rings is 1. The Hall–Kier alpha value is -1.68. The zero-order valence-corrected chi connectivity index (χ0v) is 14.9. The van der Waals surface area contributed by atoms with Crippen LogP contribution in [0.1, 0.15) is 6.92 Å². The molecule has 1 saturated heterocycles. The van der Waals surface area contributed by atoms with Crippen molar-refractivity contribution in [3.8, 4) is 5.75 Å². The van der Waals surface area contributed by atoms with Crippen molar-refractivity contribution >= 4 is 21.6 Å². The molecular formula is C15H23N3O5S. The minimum absolute atomic E-state index is 0.00911. The Morgan fingerprint density at radius 2 is 2.21 bits per heavy atom. The van der Waals surface area contributed by atoms with Crippen molar-refractivity contribution < 1.29 is 22.7 Å². The summed E-state index contributed by atoms with van der Waals surface area (Å²) in [6.45, 7) is 3.70. The Morgan fingerprint density at radius 1 is 1.46 bits per heavy atom. The minimum atomic E-state index is -3.70. The van der Waals surface area contributed by atoms with E-state index in [1.807, 2.05) is 0 Å². The van der Waals surface area contributed by atoms with Gasteiger partial charge in [0.15, 0.2) is 0 Å². The SMILES string of the molecule is CCOc1ccc(NC(=O)C2CNCCO2)cc1S(=O)(=O)N(C)C. The van der Waals surface area contributed by atoms with Gasteiger partial charge in [-0.15, -0.1) is 0 Å². The normalized spacial score (nSPS) is 18.4. The molecule has 1 aliphatic heterocycles. The molecule has 1 atom stereocenters. The summed E-state index contributed by atoms with van der Waals surface area (Å²) in [6.07, 6.45) is -0.598. The first-order valence-electron chi connectivity index (χ1n) is 7.68. The van der Waals surface area contributed by atoms with Crippen molar-refractivity contribution in [1.29, 1.82) is 0 Å². The highest BCUT2D eigenvalue weighted by atomic mass is 32.2. The fourth-order valence-electron chi connectivity index (χ4n) is 2.22. The van der Waals surface area contributed by atoms with E-state index < -0.39 is 16.1 Å². The number of hydrogen-bond donors (Lipinski definition) is 2. The summed E-state index contributed by atoms with van der Waals surface area (Å²) in [5, 5.41) is 5.76. The van der Waals surface area contributed by atoms with Gasteiger partial charge < -0.3 is 20.1 Å². The molecule has 8 nitrogen and oxygen atoms in total. The maximum absolute atomic E-state index is 12.5. The highest BCUT2D eigenvalue weighted by molar-refractivity contribution is 7.89. The van der Waals surface area contributed by atoms with Crippen LogP contribution in [0.2, 0.25) is 0 Å². The van der Waals surface area contributed by atoms with Crippen LogP contribution >= 0.6 is 0 Å². The molecule has 0 bridgehead atoms. The van der Waals surface area contributed by atoms with Gasteiger partial charge in [0.1, 0.15) is 16.7 Å². The van der Waals surface area contributed by atoms with E-state index in [2.05, 4.69) is 10.6 Å². The topological polar surface area (TPSA) is 97.0 Å². The van der Waals surface area contributed by atoms with Crippen LogP contribution in [0.15, 0.2) is 23.1 Å². The second-order valence-electron chi connectivity index (χ2n) is 5.43. The van der Waals surface area contributed by atoms with Crippen LogP contribution < -0.4 is 15.4 Å². The number of hydrogen-bond acceptors (Lipinski definition) is 6. The van der Waals surface area contributed by atoms with E-state index in [-0.39, 0.29) is 16.6 Å². The Labute approximate surface area is 142 Å². The molecule has 0 radical (unpaired) electrons. The molecule has 2 N–H and O–H groups in total. The molecule has 0 spiro atoms. The number of carbonyl (C=O) groups excluding carboxylic acids is 1. The van der Waals surface area contributed by atoms with Crippen LogP contribution in [0.3, 0.4) is 0 Å². The van der Waals surface area contributed by atoms with Gasteiger partial charge in [0, 0.05) is 32.9 Å². The second kappa shape index (κ2) is 7.93. The summed E-state index contributed by atoms with van der Waals surface area (Å²) in [5.74, 6) is -0.0701. The molecule has 1 aromatic rings. The minimum Gasteiger partial charge on any atom is -0.492 e. The summed E-state index contributed by atoms with van der Waals surface area (Å²) in [4.78, 5) is 12.2. The zero-order chi connectivity index (χ0) is 17.7. The number of nitrogens with zero attached hydrogens (tertiary/aromatic N) is 1. The maximum Gasteiger partial charge on any atom is 0.254 e. The van der Waals surface area contributed by atoms with E-state index in [0.29, 0.717) is 32.0 Å². The molecule has 1 heterocycles. The van der Waals surface area contributed by atoms with Crippen LogP contribution in [0.25, 0.3) is 0 Å². The first kappa shape index (κ1) is 18.7. The lowest BCUT2D eigenvalue weighted by atomic mass is 10.2. The lowest BCUT2D eigenvalue weighted by Crippen LogP contribution is -2.45. The van der Waals surface area contributed by atoms with Crippen LogP contribution in [0, 0.1) is 0 Å². The van der Waals surface area contributed by atoms with E-state index in [1.165, 1.54) is 26.2 Å². The Bertz CT molecular complexity index is 684. The molecule has 1 aliphatic rings. The van der Waals surface area contributed by atoms with Gasteiger partial charge in [-0.2, -0.15) is 0 Å². The zero-order valence-electron chi connectivity index (χ0n) is 14.0. The van der Waals surface area contributed by atoms with Gasteiger partial charge in [0.2, 0.25) is 10.0 Å². The van der Waals surface area contributed by atoms with Crippen molar-refractivity contribution in [3.05, 3.63) is 18.2 Å². The van der Waals surface area contributed by atoms with Gasteiger partial charge in [0.05, 0.1) is 13.2 Å². The van der Waals surface area contributed by atoms with Crippen LogP contribution in [0.4, 0.5) is 5.69 Å². The number of ether oxygens (including phenoxy) is 2. The largest absolute Gasteiger partial charge is 0.492 e. The van der Waals surface area contributed by atoms with Crippen molar-refractivity contribution in [2.45, 2.75) is 17.9 Å². The summed E-state index contributed by atoms with van der Waals surface area (Å²) < 4.78 is 36.8. The highest BCUT2D eigenvalue weighted by Crippen LogP contribution is 2.29. The molecule has 1 aromatic carbocycles. The summed E-state index contributed by atoms with van der Waals surface area (Å²) in [6, 6.07) is 4.54. The van der Waals surface area contributed by atoms with E-state index in [4.69, 9.17) is 9.47 Å². The van der Waals surface area contributed by atoms with Crippen LogP contribution in [-0.4, -0.2) is 65.1 Å². The summed E-state index contributed by atoms with van der Waals surface area (Å²) >= 11 is 0. The average Bonchev–Trinajstić information content (AvgIpc) is 2.57. The van der Waals surface area contributed by atoms with Crippen molar-refractivity contribution in [2.75, 3.05) is 45.7 Å². The Morgan fingerprint density at radius 3 is 2.79 bits per heavy atom. The molecular weight excluding hydrogens is 334 g/mol. The third-order valence-electron chi connectivity index (χ3n) is 3.49. The van der Waals surface area contributed by atoms with Crippen molar-refractivity contribution in [2.24, 2.45) is 0 Å². The molecule has 1 amide bonds. The number of nitrogens with one attached hydrogen (secondary N) is 2. The number of carbonyl (C=O) groups is 1. The fourth-order valence-corrected chi connectivity index (χ4v) is 3.27. The van der Waals surface area contributed by atoms with Gasteiger partial charge in [-0.25, -0.2) is 12.7 Å². The molecule has 0 aromatic heterocycles. The molecule has 2 rings (SSSR count). The smallest absolute Gasteiger partial charge is 0.254 e. The number of anilines is 1. The average molecular weight is 357 g/mol. The third kappa shape index (κ3) is 4.23. The van der Waals surface area contributed by atoms with Crippen LogP contribution in [-0.2, 0) is 19.6 Å². The number of amides is 1. The van der Waals surface area contributed by atoms with E-state index in [1.54, 1.807) is 13.0 Å². The molecule has 1 fully saturated rings. The number of rotatable bonds is 6. The van der Waals surface area contributed by atoms with Gasteiger partial charge in [-0.05, 0) is 25.1 Å². The van der Waals surface area contributed by atoms with Gasteiger partial charge in [0.25, 0.3) is 5.91 Å². The molecule has 1 unspecified atom stereocenters. The highest BCUT2D eigenvalue weighted by Gasteiger charge is 2.25. The predicted octanol–water partition coefficient (Wildman–Crippen LogP) is 0.263. The molecule has 134 valence electrons. The molecule has 0 saturated carbocycles. The van der Waals surface area contributed by atoms with Crippen molar-refractivity contribution in [1.82, 2.24) is 9.62 Å². The first-order chi connectivity index (χ1) is 11.4. The Balaban J connectivity index is 2.27. The van der Waals surface area contributed by atoms with Crippen molar-refractivity contribution in [3.63, 3.8) is 0 Å². The van der Waals surface area contributed by atoms with Gasteiger partial charge in [-0.1, -0.05) is 0 Å². The van der Waals surface area contributed by atoms with Gasteiger partial charge in [-0.3, -0.25) is 4.79 Å². The number of morpholine rings is 1. The monoisotopic (exact) mass is 357 g/mol. The second-order valence-corrected chi connectivity index (χ2v) is 7.56. The fraction of sp³-hybridized carbons (Fsp3) is 0.533. The molecule has 0 aliphatic carbocycles. The first-order valence-corrected chi connectivity index (χ1v) is 9.12. The third-order valence-corrected chi connectivity index (χ3v) is 5.33. The summed E-state index contributed by atoms with van der Waals surface area (Å²) in [7, 11) is -0.815. The maximum atomic E-state index is 12.5. The summed E-state index contributed by atoms with van der Waals surface area (Å²) in [5.41, 5.74) is 0.373. The lowest BCUT2D eigenvalue weighted by molar-refractivity contribution is -0.128. The van der Waals surface area contributed by atoms with Crippen LogP contribution in [0.5, 0.6) is 5.75 Å². The van der Waals surface area contributed by atoms with Gasteiger partial charge >= 0.3 is 0 Å². The van der Waals surface area contributed by atoms with E-state index in [0.717, 1.165) is 4.31 Å². The molecule has 24 heavy (non-hydrogen) atoms. The van der Waals surface area contributed by atoms with E-state index in [9.17, 15) is 13.2 Å². The number of sulfonamides is 1. The lowest BCUT2D eigenvalue weighted by Gasteiger charge is -2.23. The standard InChI is InChI=1S/C15H23N3O5S/c1-4-22-12-6-5-11(9-14(12)24(20,21)18(2)3)17-15(19)13-10-16-7-8-23-13/h5-6,9,13,16H,4,7-8,10H2,1-3H3,(H,17,19).